The minimum absolute atomic E-state index is 0.582. The van der Waals surface area contributed by atoms with Crippen LogP contribution in [0.1, 0.15) is 17.5 Å². The van der Waals surface area contributed by atoms with E-state index in [9.17, 15) is 0 Å². The van der Waals surface area contributed by atoms with Crippen molar-refractivity contribution in [3.63, 3.8) is 0 Å². The van der Waals surface area contributed by atoms with E-state index >= 15 is 0 Å². The molecule has 0 saturated heterocycles. The van der Waals surface area contributed by atoms with Gasteiger partial charge in [0.15, 0.2) is 0 Å². The molecule has 1 aliphatic rings. The van der Waals surface area contributed by atoms with Gasteiger partial charge in [-0.1, -0.05) is 91.0 Å². The summed E-state index contributed by atoms with van der Waals surface area (Å²) in [6.45, 7) is 0. The summed E-state index contributed by atoms with van der Waals surface area (Å²) in [6, 6.07) is 37.0. The zero-order valence-electron chi connectivity index (χ0n) is 22.7. The van der Waals surface area contributed by atoms with Crippen LogP contribution in [0.5, 0.6) is 0 Å². The Morgan fingerprint density at radius 3 is 2.48 bits per heavy atom. The van der Waals surface area contributed by atoms with Gasteiger partial charge in [0.1, 0.15) is 11.1 Å². The molecule has 9 rings (SSSR count). The van der Waals surface area contributed by atoms with Gasteiger partial charge in [-0.3, -0.25) is 0 Å². The first-order chi connectivity index (χ1) is 20.8. The maximum atomic E-state index is 6.20. The van der Waals surface area contributed by atoms with Crippen molar-refractivity contribution >= 4 is 59.8 Å². The summed E-state index contributed by atoms with van der Waals surface area (Å²) < 4.78 is 8.87. The molecule has 3 nitrogen and oxygen atoms in total. The molecule has 0 aliphatic heterocycles. The van der Waals surface area contributed by atoms with Crippen molar-refractivity contribution in [2.45, 2.75) is 12.8 Å². The van der Waals surface area contributed by atoms with Gasteiger partial charge in [0.05, 0.1) is 11.9 Å². The van der Waals surface area contributed by atoms with Gasteiger partial charge in [0, 0.05) is 31.1 Å². The predicted octanol–water partition coefficient (Wildman–Crippen LogP) is 10.7. The third-order valence-electron chi connectivity index (χ3n) is 8.41. The number of benzene rings is 5. The minimum Gasteiger partial charge on any atom is -0.436 e. The molecule has 0 spiro atoms. The van der Waals surface area contributed by atoms with Crippen molar-refractivity contribution in [3.05, 3.63) is 127 Å². The van der Waals surface area contributed by atoms with E-state index in [4.69, 9.17) is 14.4 Å². The normalized spacial score (nSPS) is 13.0. The summed E-state index contributed by atoms with van der Waals surface area (Å²) >= 11 is 1.87. The van der Waals surface area contributed by atoms with Crippen LogP contribution < -0.4 is 0 Å². The number of hydrogen-bond acceptors (Lipinski definition) is 4. The molecule has 5 aromatic carbocycles. The third kappa shape index (κ3) is 3.73. The Kier molecular flexibility index (Phi) is 5.19. The second kappa shape index (κ2) is 9.23. The number of aromatic nitrogens is 2. The molecule has 0 atom stereocenters. The number of thiophene rings is 1. The molecule has 4 heteroatoms. The van der Waals surface area contributed by atoms with E-state index in [-0.39, 0.29) is 0 Å². The van der Waals surface area contributed by atoms with Crippen LogP contribution >= 0.6 is 11.3 Å². The molecule has 3 heterocycles. The van der Waals surface area contributed by atoms with Crippen molar-refractivity contribution < 1.29 is 4.42 Å². The van der Waals surface area contributed by atoms with Crippen molar-refractivity contribution in [2.75, 3.05) is 0 Å². The van der Waals surface area contributed by atoms with Gasteiger partial charge in [-0.15, -0.1) is 11.3 Å². The molecule has 0 saturated carbocycles. The number of fused-ring (bicyclic) bond motifs is 7. The standard InChI is InChI=1S/C38H24N2OS/c1-2-8-27-21-34-32(20-26(27)7-1)36-38(41-34)40-33(22-39-36)28-10-5-9-25(19-28)23-15-17-24(18-16-23)29-12-6-13-31-30-11-3-4-14-35(30)42-37(29)31/h1,3-7,9-22H,2,8H2. The first-order valence-electron chi connectivity index (χ1n) is 14.3. The highest BCUT2D eigenvalue weighted by molar-refractivity contribution is 7.26. The van der Waals surface area contributed by atoms with Crippen molar-refractivity contribution in [1.29, 1.82) is 0 Å². The molecule has 0 unspecified atom stereocenters. The van der Waals surface area contributed by atoms with Crippen LogP contribution in [0.15, 0.2) is 120 Å². The number of rotatable bonds is 3. The van der Waals surface area contributed by atoms with Crippen molar-refractivity contribution in [3.8, 4) is 33.5 Å². The minimum atomic E-state index is 0.582. The first kappa shape index (κ1) is 23.6. The Morgan fingerprint density at radius 2 is 1.52 bits per heavy atom. The Labute approximate surface area is 246 Å². The van der Waals surface area contributed by atoms with Crippen LogP contribution in [0.25, 0.3) is 82.0 Å². The monoisotopic (exact) mass is 556 g/mol. The van der Waals surface area contributed by atoms with Gasteiger partial charge in [-0.25, -0.2) is 9.97 Å². The fourth-order valence-corrected chi connectivity index (χ4v) is 7.51. The molecule has 0 fully saturated rings. The molecule has 42 heavy (non-hydrogen) atoms. The maximum Gasteiger partial charge on any atom is 0.246 e. The smallest absolute Gasteiger partial charge is 0.246 e. The van der Waals surface area contributed by atoms with Gasteiger partial charge in [0.2, 0.25) is 5.71 Å². The van der Waals surface area contributed by atoms with E-state index < -0.39 is 0 Å². The topological polar surface area (TPSA) is 38.9 Å². The Hall–Kier alpha value is -5.06. The van der Waals surface area contributed by atoms with Gasteiger partial charge < -0.3 is 4.42 Å². The number of hydrogen-bond donors (Lipinski definition) is 0. The van der Waals surface area contributed by atoms with Gasteiger partial charge in [-0.05, 0) is 70.5 Å². The van der Waals surface area contributed by atoms with Crippen LogP contribution in [-0.2, 0) is 6.42 Å². The van der Waals surface area contributed by atoms with E-state index in [0.29, 0.717) is 5.71 Å². The summed E-state index contributed by atoms with van der Waals surface area (Å²) in [5.41, 5.74) is 11.5. The SMILES string of the molecule is C1=Cc2cc3c(cc2CC1)oc1nc(-c2cccc(-c4ccc(-c5cccc6c5sc5ccccc56)cc4)c2)cnc13. The second-order valence-electron chi connectivity index (χ2n) is 10.9. The lowest BCUT2D eigenvalue weighted by Crippen LogP contribution is -1.93. The quantitative estimate of drug-likeness (QED) is 0.217. The zero-order valence-corrected chi connectivity index (χ0v) is 23.5. The van der Waals surface area contributed by atoms with Crippen LogP contribution in [0.2, 0.25) is 0 Å². The van der Waals surface area contributed by atoms with E-state index in [0.717, 1.165) is 46.1 Å². The van der Waals surface area contributed by atoms with E-state index in [2.05, 4.69) is 115 Å². The maximum absolute atomic E-state index is 6.20. The lowest BCUT2D eigenvalue weighted by atomic mass is 9.96. The average molecular weight is 557 g/mol. The zero-order chi connectivity index (χ0) is 27.6. The Morgan fingerprint density at radius 1 is 0.690 bits per heavy atom. The number of nitrogens with zero attached hydrogens (tertiary/aromatic N) is 2. The summed E-state index contributed by atoms with van der Waals surface area (Å²) in [6.07, 6.45) is 8.40. The highest BCUT2D eigenvalue weighted by Crippen LogP contribution is 2.40. The molecule has 1 aliphatic carbocycles. The highest BCUT2D eigenvalue weighted by atomic mass is 32.1. The van der Waals surface area contributed by atoms with E-state index in [1.165, 1.54) is 48.0 Å². The largest absolute Gasteiger partial charge is 0.436 e. The summed E-state index contributed by atoms with van der Waals surface area (Å²) in [5, 5.41) is 3.67. The molecule has 0 radical (unpaired) electrons. The van der Waals surface area contributed by atoms with Crippen LogP contribution in [0, 0.1) is 0 Å². The Bertz CT molecular complexity index is 2360. The van der Waals surface area contributed by atoms with Gasteiger partial charge >= 0.3 is 0 Å². The average Bonchev–Trinajstić information content (AvgIpc) is 3.61. The molecule has 0 N–H and O–H groups in total. The van der Waals surface area contributed by atoms with Crippen molar-refractivity contribution in [1.82, 2.24) is 9.97 Å². The predicted molar refractivity (Wildman–Crippen MR) is 176 cm³/mol. The molecule has 0 amide bonds. The molecule has 8 aromatic rings. The number of aryl methyl sites for hydroxylation is 1. The molecular formula is C38H24N2OS. The lowest BCUT2D eigenvalue weighted by Gasteiger charge is -2.09. The van der Waals surface area contributed by atoms with E-state index in [1.807, 2.05) is 17.5 Å². The Balaban J connectivity index is 1.07. The van der Waals surface area contributed by atoms with Crippen LogP contribution in [0.4, 0.5) is 0 Å². The number of furan rings is 1. The molecular weight excluding hydrogens is 532 g/mol. The third-order valence-corrected chi connectivity index (χ3v) is 9.63. The molecule has 3 aromatic heterocycles. The summed E-state index contributed by atoms with van der Waals surface area (Å²) in [7, 11) is 0. The fraction of sp³-hybridized carbons (Fsp3) is 0.0526. The lowest BCUT2D eigenvalue weighted by molar-refractivity contribution is 0.652. The number of allylic oxidation sites excluding steroid dienone is 1. The van der Waals surface area contributed by atoms with Gasteiger partial charge in [0.25, 0.3) is 0 Å². The first-order valence-corrected chi connectivity index (χ1v) is 15.1. The van der Waals surface area contributed by atoms with Crippen LogP contribution in [-0.4, -0.2) is 9.97 Å². The summed E-state index contributed by atoms with van der Waals surface area (Å²) in [4.78, 5) is 9.70. The molecule has 198 valence electrons. The van der Waals surface area contributed by atoms with Crippen LogP contribution in [0.3, 0.4) is 0 Å². The second-order valence-corrected chi connectivity index (χ2v) is 12.0. The van der Waals surface area contributed by atoms with E-state index in [1.54, 1.807) is 0 Å². The summed E-state index contributed by atoms with van der Waals surface area (Å²) in [5.74, 6) is 0. The molecule has 0 bridgehead atoms. The highest BCUT2D eigenvalue weighted by Gasteiger charge is 2.16. The fourth-order valence-electron chi connectivity index (χ4n) is 6.28. The van der Waals surface area contributed by atoms with Crippen molar-refractivity contribution in [2.24, 2.45) is 0 Å². The van der Waals surface area contributed by atoms with Gasteiger partial charge in [-0.2, -0.15) is 0 Å².